The quantitative estimate of drug-likeness (QED) is 0.727. The fourth-order valence-corrected chi connectivity index (χ4v) is 2.31. The Balaban J connectivity index is 2.53. The maximum atomic E-state index is 11.4. The highest BCUT2D eigenvalue weighted by Gasteiger charge is 2.35. The Morgan fingerprint density at radius 1 is 1.56 bits per heavy atom. The molecule has 0 aromatic heterocycles. The molecule has 1 fully saturated rings. The molecule has 0 aliphatic carbocycles. The lowest BCUT2D eigenvalue weighted by atomic mass is 9.95. The van der Waals surface area contributed by atoms with Crippen LogP contribution in [-0.2, 0) is 4.79 Å². The van der Waals surface area contributed by atoms with E-state index in [0.29, 0.717) is 0 Å². The van der Waals surface area contributed by atoms with E-state index in [0.717, 1.165) is 19.5 Å². The number of nitrogens with zero attached hydrogens (tertiary/aromatic N) is 1. The van der Waals surface area contributed by atoms with Gasteiger partial charge in [0, 0.05) is 12.1 Å². The molecule has 1 aliphatic rings. The molecule has 0 aromatic carbocycles. The van der Waals surface area contributed by atoms with E-state index in [1.54, 1.807) is 7.05 Å². The molecule has 16 heavy (non-hydrogen) atoms. The van der Waals surface area contributed by atoms with Crippen molar-refractivity contribution in [3.63, 3.8) is 0 Å². The van der Waals surface area contributed by atoms with Crippen molar-refractivity contribution in [2.75, 3.05) is 20.1 Å². The van der Waals surface area contributed by atoms with Crippen LogP contribution < -0.4 is 11.1 Å². The number of carbonyl (C=O) groups is 1. The highest BCUT2D eigenvalue weighted by molar-refractivity contribution is 5.84. The van der Waals surface area contributed by atoms with Gasteiger partial charge in [0.1, 0.15) is 0 Å². The van der Waals surface area contributed by atoms with Crippen molar-refractivity contribution in [3.8, 4) is 0 Å². The van der Waals surface area contributed by atoms with Crippen LogP contribution in [0.15, 0.2) is 0 Å². The van der Waals surface area contributed by atoms with Crippen LogP contribution in [0.25, 0.3) is 0 Å². The number of nitrogens with two attached hydrogens (primary N) is 1. The molecule has 0 aromatic rings. The molecule has 1 rings (SSSR count). The normalized spacial score (nSPS) is 24.2. The van der Waals surface area contributed by atoms with Crippen molar-refractivity contribution < 1.29 is 4.79 Å². The minimum absolute atomic E-state index is 0.270. The van der Waals surface area contributed by atoms with Gasteiger partial charge in [-0.15, -0.1) is 0 Å². The molecule has 1 unspecified atom stereocenters. The van der Waals surface area contributed by atoms with Gasteiger partial charge in [0.05, 0.1) is 5.54 Å². The van der Waals surface area contributed by atoms with E-state index < -0.39 is 5.54 Å². The number of carbonyl (C=O) groups excluding carboxylic acids is 1. The van der Waals surface area contributed by atoms with Crippen LogP contribution in [0.5, 0.6) is 0 Å². The molecule has 0 saturated carbocycles. The summed E-state index contributed by atoms with van der Waals surface area (Å²) >= 11 is 0. The summed E-state index contributed by atoms with van der Waals surface area (Å²) in [7, 11) is 1.79. The van der Waals surface area contributed by atoms with Gasteiger partial charge in [0.2, 0.25) is 5.91 Å². The Labute approximate surface area is 98.6 Å². The second-order valence-corrected chi connectivity index (χ2v) is 5.60. The van der Waals surface area contributed by atoms with Gasteiger partial charge >= 0.3 is 0 Å². The van der Waals surface area contributed by atoms with Gasteiger partial charge < -0.3 is 11.1 Å². The first-order valence-corrected chi connectivity index (χ1v) is 6.06. The van der Waals surface area contributed by atoms with E-state index in [-0.39, 0.29) is 11.4 Å². The van der Waals surface area contributed by atoms with Crippen molar-refractivity contribution in [1.82, 2.24) is 10.2 Å². The standard InChI is InChI=1S/C12H25N3O/c1-11(2)6-5-8-15(11)9-7-12(3,14-4)10(13)16/h14H,5-9H2,1-4H3,(H2,13,16). The first kappa shape index (κ1) is 13.5. The lowest BCUT2D eigenvalue weighted by Gasteiger charge is -2.34. The predicted molar refractivity (Wildman–Crippen MR) is 66.2 cm³/mol. The number of hydrogen-bond acceptors (Lipinski definition) is 3. The second-order valence-electron chi connectivity index (χ2n) is 5.60. The molecular weight excluding hydrogens is 202 g/mol. The monoisotopic (exact) mass is 227 g/mol. The molecular formula is C12H25N3O. The summed E-state index contributed by atoms with van der Waals surface area (Å²) < 4.78 is 0. The van der Waals surface area contributed by atoms with Gasteiger partial charge in [-0.3, -0.25) is 9.69 Å². The first-order valence-electron chi connectivity index (χ1n) is 6.06. The van der Waals surface area contributed by atoms with Crippen LogP contribution >= 0.6 is 0 Å². The summed E-state index contributed by atoms with van der Waals surface area (Å²) in [5.41, 5.74) is 5.10. The third-order valence-electron chi connectivity index (χ3n) is 4.05. The molecule has 4 heteroatoms. The molecule has 1 saturated heterocycles. The zero-order chi connectivity index (χ0) is 12.4. The summed E-state index contributed by atoms with van der Waals surface area (Å²) in [5, 5.41) is 3.03. The molecule has 3 N–H and O–H groups in total. The smallest absolute Gasteiger partial charge is 0.237 e. The fraction of sp³-hybridized carbons (Fsp3) is 0.917. The van der Waals surface area contributed by atoms with Gasteiger partial charge in [-0.2, -0.15) is 0 Å². The Bertz CT molecular complexity index is 265. The zero-order valence-electron chi connectivity index (χ0n) is 11.0. The Morgan fingerprint density at radius 2 is 2.19 bits per heavy atom. The Morgan fingerprint density at radius 3 is 2.56 bits per heavy atom. The maximum Gasteiger partial charge on any atom is 0.237 e. The average molecular weight is 227 g/mol. The zero-order valence-corrected chi connectivity index (χ0v) is 11.0. The number of likely N-dealkylation sites (tertiary alicyclic amines) is 1. The minimum atomic E-state index is -0.585. The van der Waals surface area contributed by atoms with Crippen LogP contribution in [0.3, 0.4) is 0 Å². The number of hydrogen-bond donors (Lipinski definition) is 2. The Hall–Kier alpha value is -0.610. The molecule has 1 amide bonds. The summed E-state index contributed by atoms with van der Waals surface area (Å²) in [4.78, 5) is 13.8. The van der Waals surface area contributed by atoms with Gasteiger partial charge in [0.15, 0.2) is 0 Å². The van der Waals surface area contributed by atoms with Crippen molar-refractivity contribution in [3.05, 3.63) is 0 Å². The van der Waals surface area contributed by atoms with Crippen LogP contribution in [0.1, 0.15) is 40.0 Å². The lowest BCUT2D eigenvalue weighted by Crippen LogP contribution is -2.54. The molecule has 1 atom stereocenters. The summed E-state index contributed by atoms with van der Waals surface area (Å²) in [6, 6.07) is 0. The van der Waals surface area contributed by atoms with Crippen molar-refractivity contribution >= 4 is 5.91 Å². The van der Waals surface area contributed by atoms with Crippen LogP contribution in [0, 0.1) is 0 Å². The third kappa shape index (κ3) is 2.74. The molecule has 1 heterocycles. The molecule has 4 nitrogen and oxygen atoms in total. The van der Waals surface area contributed by atoms with E-state index in [2.05, 4.69) is 24.1 Å². The van der Waals surface area contributed by atoms with Gasteiger partial charge in [-0.1, -0.05) is 0 Å². The highest BCUT2D eigenvalue weighted by atomic mass is 16.1. The van der Waals surface area contributed by atoms with Gasteiger partial charge in [-0.05, 0) is 53.6 Å². The number of likely N-dealkylation sites (N-methyl/N-ethyl adjacent to an activating group) is 1. The van der Waals surface area contributed by atoms with Crippen molar-refractivity contribution in [2.45, 2.75) is 51.1 Å². The lowest BCUT2D eigenvalue weighted by molar-refractivity contribution is -0.124. The van der Waals surface area contributed by atoms with E-state index in [4.69, 9.17) is 5.73 Å². The van der Waals surface area contributed by atoms with E-state index in [1.165, 1.54) is 12.8 Å². The summed E-state index contributed by atoms with van der Waals surface area (Å²) in [6.45, 7) is 8.46. The maximum absolute atomic E-state index is 11.4. The molecule has 94 valence electrons. The molecule has 0 spiro atoms. The number of rotatable bonds is 5. The van der Waals surface area contributed by atoms with E-state index in [1.807, 2.05) is 6.92 Å². The minimum Gasteiger partial charge on any atom is -0.368 e. The van der Waals surface area contributed by atoms with Crippen LogP contribution in [0.2, 0.25) is 0 Å². The van der Waals surface area contributed by atoms with Crippen molar-refractivity contribution in [2.24, 2.45) is 5.73 Å². The summed E-state index contributed by atoms with van der Waals surface area (Å²) in [5.74, 6) is -0.271. The predicted octanol–water partition coefficient (Wildman–Crippen LogP) is 0.714. The molecule has 1 aliphatic heterocycles. The SMILES string of the molecule is CNC(C)(CCN1CCCC1(C)C)C(N)=O. The first-order chi connectivity index (χ1) is 7.32. The summed E-state index contributed by atoms with van der Waals surface area (Å²) in [6.07, 6.45) is 3.25. The van der Waals surface area contributed by atoms with Crippen LogP contribution in [0.4, 0.5) is 0 Å². The van der Waals surface area contributed by atoms with Crippen molar-refractivity contribution in [1.29, 1.82) is 0 Å². The van der Waals surface area contributed by atoms with Gasteiger partial charge in [-0.25, -0.2) is 0 Å². The number of nitrogens with one attached hydrogen (secondary N) is 1. The van der Waals surface area contributed by atoms with Gasteiger partial charge in [0.25, 0.3) is 0 Å². The average Bonchev–Trinajstić information content (AvgIpc) is 2.54. The van der Waals surface area contributed by atoms with Crippen LogP contribution in [-0.4, -0.2) is 42.0 Å². The third-order valence-corrected chi connectivity index (χ3v) is 4.05. The second kappa shape index (κ2) is 4.72. The topological polar surface area (TPSA) is 58.4 Å². The fourth-order valence-electron chi connectivity index (χ4n) is 2.31. The molecule has 0 radical (unpaired) electrons. The number of amides is 1. The van der Waals surface area contributed by atoms with E-state index >= 15 is 0 Å². The largest absolute Gasteiger partial charge is 0.368 e. The van der Waals surface area contributed by atoms with E-state index in [9.17, 15) is 4.79 Å². The Kier molecular flexibility index (Phi) is 3.97. The molecule has 0 bridgehead atoms. The number of primary amides is 1. The highest BCUT2D eigenvalue weighted by Crippen LogP contribution is 2.28.